The minimum atomic E-state index is -0.450. The molecule has 0 aromatic rings. The van der Waals surface area contributed by atoms with Crippen LogP contribution >= 0.6 is 0 Å². The predicted octanol–water partition coefficient (Wildman–Crippen LogP) is -0.915. The number of hydrogen-bond donors (Lipinski definition) is 0. The van der Waals surface area contributed by atoms with Gasteiger partial charge in [0.15, 0.2) is 0 Å². The Morgan fingerprint density at radius 3 is 2.33 bits per heavy atom. The summed E-state index contributed by atoms with van der Waals surface area (Å²) in [7, 11) is 1.67. The molecule has 0 atom stereocenters. The van der Waals surface area contributed by atoms with Gasteiger partial charge in [-0.15, -0.1) is 0 Å². The van der Waals surface area contributed by atoms with Crippen molar-refractivity contribution in [2.75, 3.05) is 7.11 Å². The van der Waals surface area contributed by atoms with Crippen molar-refractivity contribution < 1.29 is 23.8 Å². The highest BCUT2D eigenvalue weighted by atomic mass is 28.2. The van der Waals surface area contributed by atoms with Gasteiger partial charge < -0.3 is 9.62 Å². The van der Waals surface area contributed by atoms with E-state index in [1.165, 1.54) is 7.11 Å². The summed E-state index contributed by atoms with van der Waals surface area (Å²) in [5.41, 5.74) is 0. The monoisotopic (exact) mass is 192 g/mol. The number of methoxy groups -OCH3 is 1. The van der Waals surface area contributed by atoms with Crippen molar-refractivity contribution >= 4 is 22.4 Å². The summed E-state index contributed by atoms with van der Waals surface area (Å²) >= 11 is 0. The second kappa shape index (κ2) is 6.80. The molecular formula is C6H12O5Si. The van der Waals surface area contributed by atoms with E-state index in [-0.39, 0.29) is 18.8 Å². The molecule has 0 unspecified atom stereocenters. The zero-order valence-corrected chi connectivity index (χ0v) is 9.16. The van der Waals surface area contributed by atoms with Gasteiger partial charge in [0, 0.05) is 12.8 Å². The van der Waals surface area contributed by atoms with E-state index >= 15 is 0 Å². The van der Waals surface area contributed by atoms with Crippen molar-refractivity contribution in [3.05, 3.63) is 0 Å². The summed E-state index contributed by atoms with van der Waals surface area (Å²) in [6.45, 7) is 0. The average molecular weight is 192 g/mol. The van der Waals surface area contributed by atoms with Crippen LogP contribution in [-0.4, -0.2) is 29.5 Å². The molecule has 0 aliphatic rings. The third-order valence-corrected chi connectivity index (χ3v) is 1.33. The van der Waals surface area contributed by atoms with Crippen LogP contribution in [0.25, 0.3) is 0 Å². The molecular weight excluding hydrogens is 180 g/mol. The molecule has 0 fully saturated rings. The minimum absolute atomic E-state index is 0.178. The summed E-state index contributed by atoms with van der Waals surface area (Å²) in [6.07, 6.45) is 0.834. The summed E-state index contributed by atoms with van der Waals surface area (Å²) in [6, 6.07) is 0. The average Bonchev–Trinajstić information content (AvgIpc) is 2.04. The van der Waals surface area contributed by atoms with Gasteiger partial charge >= 0.3 is 11.9 Å². The fraction of sp³-hybridized carbons (Fsp3) is 0.667. The predicted molar refractivity (Wildman–Crippen MR) is 43.0 cm³/mol. The number of carbonyl (C=O) groups is 2. The lowest BCUT2D eigenvalue weighted by atomic mass is 10.2. The van der Waals surface area contributed by atoms with Crippen LogP contribution in [0.15, 0.2) is 0 Å². The lowest BCUT2D eigenvalue weighted by Crippen LogP contribution is -2.06. The summed E-state index contributed by atoms with van der Waals surface area (Å²) in [4.78, 5) is 25.4. The molecule has 0 N–H and O–H groups in total. The van der Waals surface area contributed by atoms with Gasteiger partial charge in [-0.3, -0.25) is 9.37 Å². The molecule has 0 heterocycles. The Morgan fingerprint density at radius 2 is 1.83 bits per heavy atom. The maximum Gasteiger partial charge on any atom is 0.340 e. The van der Waals surface area contributed by atoms with Crippen molar-refractivity contribution in [2.45, 2.75) is 19.3 Å². The summed E-state index contributed by atoms with van der Waals surface area (Å²) in [5, 5.41) is 0. The van der Waals surface area contributed by atoms with Crippen LogP contribution in [0.3, 0.4) is 0 Å². The normalized spacial score (nSPS) is 9.42. The van der Waals surface area contributed by atoms with E-state index in [1.807, 2.05) is 0 Å². The molecule has 0 aromatic heterocycles. The van der Waals surface area contributed by atoms with Gasteiger partial charge in [-0.1, -0.05) is 0 Å². The molecule has 0 aromatic carbocycles. The molecule has 0 amide bonds. The fourth-order valence-corrected chi connectivity index (χ4v) is 0.800. The van der Waals surface area contributed by atoms with Crippen LogP contribution in [0.1, 0.15) is 19.3 Å². The van der Waals surface area contributed by atoms with Gasteiger partial charge in [0.05, 0.1) is 7.11 Å². The van der Waals surface area contributed by atoms with E-state index in [4.69, 9.17) is 0 Å². The number of esters is 1. The van der Waals surface area contributed by atoms with Crippen molar-refractivity contribution in [1.29, 1.82) is 0 Å². The van der Waals surface area contributed by atoms with E-state index in [0.717, 1.165) is 0 Å². The smallest absolute Gasteiger partial charge is 0.340 e. The molecule has 70 valence electrons. The number of ether oxygens (including phenoxy) is 1. The van der Waals surface area contributed by atoms with Crippen LogP contribution < -0.4 is 0 Å². The largest absolute Gasteiger partial charge is 0.469 e. The molecule has 6 heteroatoms. The third-order valence-electron chi connectivity index (χ3n) is 1.17. The number of rotatable bonds is 5. The fourth-order valence-electron chi connectivity index (χ4n) is 0.614. The molecule has 0 bridgehead atoms. The van der Waals surface area contributed by atoms with Crippen molar-refractivity contribution in [3.63, 3.8) is 0 Å². The molecule has 0 aliphatic carbocycles. The van der Waals surface area contributed by atoms with Gasteiger partial charge in [0.1, 0.15) is 0 Å². The Balaban J connectivity index is 3.30. The Kier molecular flexibility index (Phi) is 6.30. The topological polar surface area (TPSA) is 61.8 Å². The van der Waals surface area contributed by atoms with E-state index < -0.39 is 5.97 Å². The Hall–Kier alpha value is -0.883. The third kappa shape index (κ3) is 5.87. The van der Waals surface area contributed by atoms with Crippen molar-refractivity contribution in [2.24, 2.45) is 0 Å². The summed E-state index contributed by atoms with van der Waals surface area (Å²) in [5.74, 6) is -0.775. The van der Waals surface area contributed by atoms with Gasteiger partial charge in [0.2, 0.25) is 10.5 Å². The standard InChI is InChI=1S/C6H12O5Si/c1-9-5(7)3-2-4-6(8)10-11-12/h2-4H2,1,12H3. The van der Waals surface area contributed by atoms with Gasteiger partial charge in [-0.2, -0.15) is 0 Å². The molecule has 0 rings (SSSR count). The Labute approximate surface area is 73.5 Å². The Morgan fingerprint density at radius 1 is 1.25 bits per heavy atom. The maximum atomic E-state index is 10.6. The minimum Gasteiger partial charge on any atom is -0.469 e. The first-order chi connectivity index (χ1) is 5.70. The molecule has 0 saturated heterocycles. The van der Waals surface area contributed by atoms with Crippen LogP contribution in [0.5, 0.6) is 0 Å². The molecule has 12 heavy (non-hydrogen) atoms. The second-order valence-electron chi connectivity index (χ2n) is 2.05. The Bertz CT molecular complexity index is 158. The second-order valence-corrected chi connectivity index (χ2v) is 2.39. The first kappa shape index (κ1) is 11.1. The number of carbonyl (C=O) groups excluding carboxylic acids is 2. The highest BCUT2D eigenvalue weighted by molar-refractivity contribution is 5.97. The lowest BCUT2D eigenvalue weighted by molar-refractivity contribution is -0.212. The zero-order valence-electron chi connectivity index (χ0n) is 7.16. The molecule has 5 nitrogen and oxygen atoms in total. The van der Waals surface area contributed by atoms with Crippen LogP contribution in [0, 0.1) is 0 Å². The van der Waals surface area contributed by atoms with Gasteiger partial charge in [0.25, 0.3) is 0 Å². The lowest BCUT2D eigenvalue weighted by Gasteiger charge is -1.99. The van der Waals surface area contributed by atoms with E-state index in [9.17, 15) is 9.59 Å². The highest BCUT2D eigenvalue weighted by Crippen LogP contribution is 1.98. The van der Waals surface area contributed by atoms with Crippen LogP contribution in [-0.2, 0) is 23.8 Å². The highest BCUT2D eigenvalue weighted by Gasteiger charge is 2.05. The van der Waals surface area contributed by atoms with E-state index in [2.05, 4.69) is 14.2 Å². The van der Waals surface area contributed by atoms with Crippen molar-refractivity contribution in [1.82, 2.24) is 0 Å². The first-order valence-corrected chi connectivity index (χ1v) is 4.32. The van der Waals surface area contributed by atoms with Crippen molar-refractivity contribution in [3.8, 4) is 0 Å². The maximum absolute atomic E-state index is 10.6. The SMILES string of the molecule is COC(=O)CCCC(=O)OO[SiH3]. The first-order valence-electron chi connectivity index (χ1n) is 3.51. The molecule has 0 saturated carbocycles. The zero-order chi connectivity index (χ0) is 9.40. The van der Waals surface area contributed by atoms with E-state index in [1.54, 1.807) is 0 Å². The van der Waals surface area contributed by atoms with Crippen LogP contribution in [0.4, 0.5) is 0 Å². The number of hydrogen-bond acceptors (Lipinski definition) is 5. The molecule has 0 aliphatic heterocycles. The quantitative estimate of drug-likeness (QED) is 0.244. The van der Waals surface area contributed by atoms with Crippen LogP contribution in [0.2, 0.25) is 0 Å². The molecule has 0 radical (unpaired) electrons. The van der Waals surface area contributed by atoms with E-state index in [0.29, 0.717) is 16.9 Å². The molecule has 0 spiro atoms. The summed E-state index contributed by atoms with van der Waals surface area (Å²) < 4.78 is 8.64. The van der Waals surface area contributed by atoms with Gasteiger partial charge in [-0.25, -0.2) is 4.79 Å². The van der Waals surface area contributed by atoms with Gasteiger partial charge in [-0.05, 0) is 6.42 Å².